The SMILES string of the molecule is O=C(c1ccco1)n1nc(-c2c(-c3ccccn3)ccn(Cc3cncs3)c2=O)cc1NCc1ccc(Cl)s1. The van der Waals surface area contributed by atoms with Crippen molar-refractivity contribution in [2.24, 2.45) is 0 Å². The van der Waals surface area contributed by atoms with Gasteiger partial charge in [-0.1, -0.05) is 17.7 Å². The van der Waals surface area contributed by atoms with E-state index in [9.17, 15) is 9.59 Å². The van der Waals surface area contributed by atoms with Crippen LogP contribution in [0.25, 0.3) is 22.5 Å². The largest absolute Gasteiger partial charge is 0.459 e. The van der Waals surface area contributed by atoms with Gasteiger partial charge in [-0.15, -0.1) is 22.7 Å². The van der Waals surface area contributed by atoms with Crippen LogP contribution in [-0.4, -0.2) is 30.2 Å². The summed E-state index contributed by atoms with van der Waals surface area (Å²) in [6.45, 7) is 0.765. The normalized spacial score (nSPS) is 11.1. The Kier molecular flexibility index (Phi) is 6.93. The minimum absolute atomic E-state index is 0.118. The van der Waals surface area contributed by atoms with Crippen LogP contribution in [0, 0.1) is 0 Å². The van der Waals surface area contributed by atoms with E-state index in [1.54, 1.807) is 46.9 Å². The molecular formula is C27H19ClN6O3S2. The van der Waals surface area contributed by atoms with E-state index in [1.807, 2.05) is 36.4 Å². The number of carbonyl (C=O) groups is 1. The van der Waals surface area contributed by atoms with Gasteiger partial charge in [-0.2, -0.15) is 9.78 Å². The number of nitrogens with zero attached hydrogens (tertiary/aromatic N) is 5. The Labute approximate surface area is 235 Å². The highest BCUT2D eigenvalue weighted by molar-refractivity contribution is 7.16. The minimum atomic E-state index is -0.474. The Morgan fingerprint density at radius 1 is 1.08 bits per heavy atom. The molecule has 12 heteroatoms. The molecular weight excluding hydrogens is 556 g/mol. The molecule has 6 heterocycles. The fourth-order valence-corrected chi connectivity index (χ4v) is 5.70. The first-order valence-corrected chi connectivity index (χ1v) is 13.8. The van der Waals surface area contributed by atoms with E-state index in [-0.39, 0.29) is 11.3 Å². The molecule has 0 aliphatic heterocycles. The first kappa shape index (κ1) is 25.0. The molecule has 0 spiro atoms. The van der Waals surface area contributed by atoms with Gasteiger partial charge in [0.2, 0.25) is 0 Å². The number of hydrogen-bond donors (Lipinski definition) is 1. The maximum absolute atomic E-state index is 13.9. The summed E-state index contributed by atoms with van der Waals surface area (Å²) in [4.78, 5) is 37.8. The van der Waals surface area contributed by atoms with Crippen LogP contribution in [0.1, 0.15) is 20.3 Å². The average molecular weight is 575 g/mol. The predicted octanol–water partition coefficient (Wildman–Crippen LogP) is 5.89. The Morgan fingerprint density at radius 2 is 2.00 bits per heavy atom. The van der Waals surface area contributed by atoms with Crippen molar-refractivity contribution in [3.8, 4) is 22.5 Å². The summed E-state index contributed by atoms with van der Waals surface area (Å²) < 4.78 is 8.83. The number of pyridine rings is 2. The number of nitrogens with one attached hydrogen (secondary N) is 1. The minimum Gasteiger partial charge on any atom is -0.459 e. The molecule has 0 atom stereocenters. The summed E-state index contributed by atoms with van der Waals surface area (Å²) in [5.41, 5.74) is 3.33. The zero-order valence-electron chi connectivity index (χ0n) is 20.2. The van der Waals surface area contributed by atoms with E-state index in [0.29, 0.717) is 45.8 Å². The van der Waals surface area contributed by atoms with Crippen LogP contribution in [0.4, 0.5) is 5.82 Å². The lowest BCUT2D eigenvalue weighted by atomic mass is 10.0. The lowest BCUT2D eigenvalue weighted by molar-refractivity contribution is 0.0920. The molecule has 0 amide bonds. The number of hydrogen-bond acceptors (Lipinski definition) is 9. The second-order valence-corrected chi connectivity index (χ2v) is 11.2. The van der Waals surface area contributed by atoms with E-state index in [1.165, 1.54) is 33.6 Å². The van der Waals surface area contributed by atoms with Crippen LogP contribution in [-0.2, 0) is 13.1 Å². The van der Waals surface area contributed by atoms with Gasteiger partial charge >= 0.3 is 5.91 Å². The van der Waals surface area contributed by atoms with Crippen molar-refractivity contribution in [2.45, 2.75) is 13.1 Å². The number of furan rings is 1. The number of anilines is 1. The number of rotatable bonds is 8. The highest BCUT2D eigenvalue weighted by Gasteiger charge is 2.23. The molecule has 6 aromatic heterocycles. The number of thiazole rings is 1. The summed E-state index contributed by atoms with van der Waals surface area (Å²) in [6, 6.07) is 15.9. The number of halogens is 1. The van der Waals surface area contributed by atoms with Crippen molar-refractivity contribution in [2.75, 3.05) is 5.32 Å². The lowest BCUT2D eigenvalue weighted by Crippen LogP contribution is -2.22. The fourth-order valence-electron chi connectivity index (χ4n) is 4.08. The van der Waals surface area contributed by atoms with Crippen LogP contribution in [0.3, 0.4) is 0 Å². The molecule has 0 unspecified atom stereocenters. The van der Waals surface area contributed by atoms with Crippen molar-refractivity contribution >= 4 is 46.0 Å². The summed E-state index contributed by atoms with van der Waals surface area (Å²) in [6.07, 6.45) is 6.56. The number of carbonyl (C=O) groups excluding carboxylic acids is 1. The van der Waals surface area contributed by atoms with E-state index >= 15 is 0 Å². The summed E-state index contributed by atoms with van der Waals surface area (Å²) in [5, 5.41) is 7.87. The van der Waals surface area contributed by atoms with Gasteiger partial charge in [-0.25, -0.2) is 0 Å². The van der Waals surface area contributed by atoms with Gasteiger partial charge in [0.1, 0.15) is 11.5 Å². The van der Waals surface area contributed by atoms with Crippen molar-refractivity contribution in [1.29, 1.82) is 0 Å². The molecule has 0 aliphatic carbocycles. The Bertz CT molecular complexity index is 1790. The molecule has 0 saturated carbocycles. The van der Waals surface area contributed by atoms with E-state index in [4.69, 9.17) is 16.0 Å². The highest BCUT2D eigenvalue weighted by atomic mass is 35.5. The molecule has 0 aromatic carbocycles. The van der Waals surface area contributed by atoms with E-state index < -0.39 is 5.91 Å². The number of thiophene rings is 1. The third-order valence-electron chi connectivity index (χ3n) is 5.88. The van der Waals surface area contributed by atoms with E-state index in [2.05, 4.69) is 20.4 Å². The molecule has 0 bridgehead atoms. The Morgan fingerprint density at radius 3 is 2.72 bits per heavy atom. The summed E-state index contributed by atoms with van der Waals surface area (Å²) in [5.74, 6) is 0.0471. The van der Waals surface area contributed by atoms with Gasteiger partial charge in [0.05, 0.1) is 40.5 Å². The second-order valence-electron chi connectivity index (χ2n) is 8.39. The average Bonchev–Trinajstić information content (AvgIpc) is 3.77. The van der Waals surface area contributed by atoms with Crippen LogP contribution in [0.5, 0.6) is 0 Å². The summed E-state index contributed by atoms with van der Waals surface area (Å²) in [7, 11) is 0. The number of aromatic nitrogens is 5. The Hall–Kier alpha value is -4.32. The molecule has 9 nitrogen and oxygen atoms in total. The van der Waals surface area contributed by atoms with Gasteiger partial charge in [0.25, 0.3) is 5.56 Å². The Balaban J connectivity index is 1.49. The molecule has 0 radical (unpaired) electrons. The third kappa shape index (κ3) is 5.19. The van der Waals surface area contributed by atoms with Crippen LogP contribution < -0.4 is 10.9 Å². The topological polar surface area (TPSA) is 108 Å². The van der Waals surface area contributed by atoms with Gasteiger partial charge in [0.15, 0.2) is 5.76 Å². The first-order chi connectivity index (χ1) is 19.1. The molecule has 0 fully saturated rings. The third-order valence-corrected chi connectivity index (χ3v) is 7.87. The predicted molar refractivity (Wildman–Crippen MR) is 151 cm³/mol. The van der Waals surface area contributed by atoms with Crippen molar-refractivity contribution in [1.82, 2.24) is 24.3 Å². The van der Waals surface area contributed by atoms with Crippen LogP contribution >= 0.6 is 34.3 Å². The van der Waals surface area contributed by atoms with Crippen molar-refractivity contribution in [3.05, 3.63) is 115 Å². The van der Waals surface area contributed by atoms with Gasteiger partial charge in [-0.3, -0.25) is 19.6 Å². The van der Waals surface area contributed by atoms with Gasteiger partial charge in [0, 0.05) is 40.0 Å². The lowest BCUT2D eigenvalue weighted by Gasteiger charge is -2.11. The molecule has 194 valence electrons. The molecule has 1 N–H and O–H groups in total. The monoisotopic (exact) mass is 574 g/mol. The summed E-state index contributed by atoms with van der Waals surface area (Å²) >= 11 is 8.99. The molecule has 0 saturated heterocycles. The smallest absolute Gasteiger partial charge is 0.315 e. The molecule has 39 heavy (non-hydrogen) atoms. The second kappa shape index (κ2) is 10.8. The van der Waals surface area contributed by atoms with E-state index in [0.717, 1.165) is 9.75 Å². The van der Waals surface area contributed by atoms with Crippen molar-refractivity contribution < 1.29 is 9.21 Å². The molecule has 6 aromatic rings. The highest BCUT2D eigenvalue weighted by Crippen LogP contribution is 2.30. The van der Waals surface area contributed by atoms with Crippen LogP contribution in [0.2, 0.25) is 4.34 Å². The zero-order valence-corrected chi connectivity index (χ0v) is 22.5. The van der Waals surface area contributed by atoms with Crippen molar-refractivity contribution in [3.63, 3.8) is 0 Å². The van der Waals surface area contributed by atoms with Crippen LogP contribution in [0.15, 0.2) is 94.2 Å². The van der Waals surface area contributed by atoms with Gasteiger partial charge in [-0.05, 0) is 42.5 Å². The molecule has 0 aliphatic rings. The maximum atomic E-state index is 13.9. The fraction of sp³-hybridized carbons (Fsp3) is 0.0741. The first-order valence-electron chi connectivity index (χ1n) is 11.8. The molecule has 6 rings (SSSR count). The standard InChI is InChI=1S/C27H19ClN6O3S2/c28-23-7-6-17(39-23)14-31-24-12-21(32-34(24)26(35)22-5-3-11-37-22)25-19(20-4-1-2-9-30-20)8-10-33(27(25)36)15-18-13-29-16-38-18/h1-13,16,31H,14-15H2. The zero-order chi connectivity index (χ0) is 26.8. The quantitative estimate of drug-likeness (QED) is 0.241. The maximum Gasteiger partial charge on any atom is 0.315 e. The van der Waals surface area contributed by atoms with Gasteiger partial charge < -0.3 is 14.3 Å².